The van der Waals surface area contributed by atoms with Crippen LogP contribution in [-0.4, -0.2) is 30.3 Å². The number of nitrogens with zero attached hydrogens (tertiary/aromatic N) is 1. The molecule has 2 nitrogen and oxygen atoms in total. The van der Waals surface area contributed by atoms with Gasteiger partial charge < -0.3 is 4.90 Å². The first-order valence-corrected chi connectivity index (χ1v) is 7.01. The summed E-state index contributed by atoms with van der Waals surface area (Å²) in [7, 11) is 0. The van der Waals surface area contributed by atoms with E-state index in [0.29, 0.717) is 5.78 Å². The van der Waals surface area contributed by atoms with Crippen LogP contribution in [0, 0.1) is 11.8 Å². The summed E-state index contributed by atoms with van der Waals surface area (Å²) < 4.78 is 0. The second kappa shape index (κ2) is 5.81. The third-order valence-corrected chi connectivity index (χ3v) is 4.32. The Bertz CT molecular complexity index is 233. The van der Waals surface area contributed by atoms with Gasteiger partial charge >= 0.3 is 0 Å². The molecule has 0 aromatic heterocycles. The fraction of sp³-hybridized carbons (Fsp3) is 0.929. The summed E-state index contributed by atoms with van der Waals surface area (Å²) in [4.78, 5) is 13.9. The van der Waals surface area contributed by atoms with Crippen molar-refractivity contribution >= 4 is 5.78 Å². The average Bonchev–Trinajstić information content (AvgIpc) is 2.76. The van der Waals surface area contributed by atoms with Gasteiger partial charge in [0.2, 0.25) is 0 Å². The van der Waals surface area contributed by atoms with Crippen LogP contribution in [0.5, 0.6) is 0 Å². The molecule has 0 N–H and O–H groups in total. The maximum absolute atomic E-state index is 11.4. The number of piperidine rings is 1. The minimum atomic E-state index is 0.278. The summed E-state index contributed by atoms with van der Waals surface area (Å²) in [5.41, 5.74) is 0. The van der Waals surface area contributed by atoms with E-state index in [1.807, 2.05) is 0 Å². The van der Waals surface area contributed by atoms with Crippen molar-refractivity contribution in [2.24, 2.45) is 11.8 Å². The Hall–Kier alpha value is -0.370. The van der Waals surface area contributed by atoms with E-state index in [1.54, 1.807) is 0 Å². The summed E-state index contributed by atoms with van der Waals surface area (Å²) in [6, 6.07) is 0. The van der Waals surface area contributed by atoms with Crippen LogP contribution >= 0.6 is 0 Å². The molecule has 0 aromatic carbocycles. The van der Waals surface area contributed by atoms with Crippen molar-refractivity contribution in [2.45, 2.75) is 51.9 Å². The third-order valence-electron chi connectivity index (χ3n) is 4.32. The van der Waals surface area contributed by atoms with Crippen LogP contribution in [0.3, 0.4) is 0 Å². The molecule has 0 spiro atoms. The second-order valence-corrected chi connectivity index (χ2v) is 5.71. The van der Waals surface area contributed by atoms with Crippen molar-refractivity contribution in [3.63, 3.8) is 0 Å². The average molecular weight is 223 g/mol. The lowest BCUT2D eigenvalue weighted by Gasteiger charge is -2.30. The van der Waals surface area contributed by atoms with Crippen LogP contribution < -0.4 is 0 Å². The predicted octanol–water partition coefficient (Wildman–Crippen LogP) is 2.87. The van der Waals surface area contributed by atoms with Gasteiger partial charge in [-0.3, -0.25) is 4.79 Å². The Kier molecular flexibility index (Phi) is 4.39. The van der Waals surface area contributed by atoms with Crippen molar-refractivity contribution in [1.82, 2.24) is 4.90 Å². The summed E-state index contributed by atoms with van der Waals surface area (Å²) in [6.45, 7) is 5.30. The van der Waals surface area contributed by atoms with E-state index in [4.69, 9.17) is 0 Å². The van der Waals surface area contributed by atoms with Crippen molar-refractivity contribution in [3.8, 4) is 0 Å². The quantitative estimate of drug-likeness (QED) is 0.730. The zero-order valence-corrected chi connectivity index (χ0v) is 10.6. The molecule has 92 valence electrons. The minimum Gasteiger partial charge on any atom is -0.302 e. The van der Waals surface area contributed by atoms with Crippen molar-refractivity contribution in [1.29, 1.82) is 0 Å². The molecular formula is C14H25NO. The molecule has 1 saturated carbocycles. The van der Waals surface area contributed by atoms with Crippen LogP contribution in [0.2, 0.25) is 0 Å². The van der Waals surface area contributed by atoms with Crippen LogP contribution in [0.25, 0.3) is 0 Å². The van der Waals surface area contributed by atoms with Gasteiger partial charge in [0.1, 0.15) is 5.78 Å². The maximum atomic E-state index is 11.4. The van der Waals surface area contributed by atoms with E-state index >= 15 is 0 Å². The van der Waals surface area contributed by atoms with Crippen molar-refractivity contribution < 1.29 is 4.79 Å². The maximum Gasteiger partial charge on any atom is 0.138 e. The van der Waals surface area contributed by atoms with Crippen molar-refractivity contribution in [3.05, 3.63) is 0 Å². The Morgan fingerprint density at radius 1 is 1.31 bits per heavy atom. The van der Waals surface area contributed by atoms with Gasteiger partial charge in [-0.25, -0.2) is 0 Å². The van der Waals surface area contributed by atoms with Crippen LogP contribution in [0.4, 0.5) is 0 Å². The van der Waals surface area contributed by atoms with Gasteiger partial charge in [-0.05, 0) is 25.3 Å². The normalized spacial score (nSPS) is 28.8. The van der Waals surface area contributed by atoms with Crippen LogP contribution in [-0.2, 0) is 4.79 Å². The Labute approximate surface area is 99.4 Å². The van der Waals surface area contributed by atoms with E-state index in [-0.39, 0.29) is 5.92 Å². The van der Waals surface area contributed by atoms with E-state index in [1.165, 1.54) is 45.1 Å². The van der Waals surface area contributed by atoms with Gasteiger partial charge in [0.05, 0.1) is 0 Å². The topological polar surface area (TPSA) is 20.3 Å². The number of carbonyl (C=O) groups is 1. The molecule has 1 atom stereocenters. The molecule has 0 aromatic rings. The molecule has 1 unspecified atom stereocenters. The number of ketones is 1. The zero-order chi connectivity index (χ0) is 11.4. The molecule has 0 radical (unpaired) electrons. The largest absolute Gasteiger partial charge is 0.302 e. The summed E-state index contributed by atoms with van der Waals surface area (Å²) in [6.07, 6.45) is 9.39. The molecule has 0 bridgehead atoms. The Morgan fingerprint density at radius 3 is 2.75 bits per heavy atom. The van der Waals surface area contributed by atoms with Gasteiger partial charge in [-0.2, -0.15) is 0 Å². The SMILES string of the molecule is CC1CN(CCCC2CCCC2)CCC1=O. The van der Waals surface area contributed by atoms with Crippen LogP contribution in [0.15, 0.2) is 0 Å². The molecule has 2 fully saturated rings. The number of Topliss-reactive ketones (excluding diaryl/α,β-unsaturated/α-hetero) is 1. The first-order chi connectivity index (χ1) is 7.75. The molecule has 1 aliphatic heterocycles. The van der Waals surface area contributed by atoms with Gasteiger partial charge in [-0.1, -0.05) is 32.6 Å². The summed E-state index contributed by atoms with van der Waals surface area (Å²) >= 11 is 0. The molecule has 2 rings (SSSR count). The number of likely N-dealkylation sites (tertiary alicyclic amines) is 1. The molecule has 1 aliphatic carbocycles. The minimum absolute atomic E-state index is 0.278. The molecule has 1 heterocycles. The highest BCUT2D eigenvalue weighted by atomic mass is 16.1. The van der Waals surface area contributed by atoms with Gasteiger partial charge in [0, 0.05) is 25.4 Å². The summed E-state index contributed by atoms with van der Waals surface area (Å²) in [5.74, 6) is 1.76. The van der Waals surface area contributed by atoms with E-state index < -0.39 is 0 Å². The molecule has 1 saturated heterocycles. The molecular weight excluding hydrogens is 198 g/mol. The fourth-order valence-electron chi connectivity index (χ4n) is 3.20. The van der Waals surface area contributed by atoms with Gasteiger partial charge in [0.25, 0.3) is 0 Å². The lowest BCUT2D eigenvalue weighted by Crippen LogP contribution is -2.40. The number of rotatable bonds is 4. The van der Waals surface area contributed by atoms with E-state index in [9.17, 15) is 4.79 Å². The Morgan fingerprint density at radius 2 is 2.06 bits per heavy atom. The highest BCUT2D eigenvalue weighted by molar-refractivity contribution is 5.81. The van der Waals surface area contributed by atoms with Crippen LogP contribution in [0.1, 0.15) is 51.9 Å². The lowest BCUT2D eigenvalue weighted by atomic mass is 9.97. The summed E-state index contributed by atoms with van der Waals surface area (Å²) in [5, 5.41) is 0. The molecule has 0 amide bonds. The highest BCUT2D eigenvalue weighted by Gasteiger charge is 2.23. The number of hydrogen-bond acceptors (Lipinski definition) is 2. The van der Waals surface area contributed by atoms with E-state index in [2.05, 4.69) is 11.8 Å². The number of hydrogen-bond donors (Lipinski definition) is 0. The van der Waals surface area contributed by atoms with Crippen molar-refractivity contribution in [2.75, 3.05) is 19.6 Å². The van der Waals surface area contributed by atoms with E-state index in [0.717, 1.165) is 25.4 Å². The second-order valence-electron chi connectivity index (χ2n) is 5.71. The predicted molar refractivity (Wildman–Crippen MR) is 66.4 cm³/mol. The zero-order valence-electron chi connectivity index (χ0n) is 10.6. The Balaban J connectivity index is 1.60. The standard InChI is InChI=1S/C14H25NO/c1-12-11-15(10-8-14(12)16)9-4-7-13-5-2-3-6-13/h12-13H,2-11H2,1H3. The lowest BCUT2D eigenvalue weighted by molar-refractivity contribution is -0.125. The first-order valence-electron chi connectivity index (χ1n) is 7.01. The fourth-order valence-corrected chi connectivity index (χ4v) is 3.20. The molecule has 2 heteroatoms. The monoisotopic (exact) mass is 223 g/mol. The molecule has 2 aliphatic rings. The first kappa shape index (κ1) is 12.1. The van der Waals surface area contributed by atoms with Gasteiger partial charge in [-0.15, -0.1) is 0 Å². The third kappa shape index (κ3) is 3.31. The smallest absolute Gasteiger partial charge is 0.138 e. The number of carbonyl (C=O) groups excluding carboxylic acids is 1. The van der Waals surface area contributed by atoms with Gasteiger partial charge in [0.15, 0.2) is 0 Å². The highest BCUT2D eigenvalue weighted by Crippen LogP contribution is 2.28. The molecule has 16 heavy (non-hydrogen) atoms.